The Kier molecular flexibility index (Phi) is 3.43. The number of hydrogen-bond donors (Lipinski definition) is 0. The largest absolute Gasteiger partial charge is 0.301 e. The van der Waals surface area contributed by atoms with E-state index in [0.717, 1.165) is 4.31 Å². The Labute approximate surface area is 131 Å². The highest BCUT2D eigenvalue weighted by atomic mass is 35.5. The standard InChI is InChI=1S/C14H12ClN3O3S/c1-17(2)22(20,21)12-7-9-11(8-10(12)15)18-6-4-3-5-13(18)16-14(9)19/h3-8H,1-2H3. The predicted molar refractivity (Wildman–Crippen MR) is 84.9 cm³/mol. The maximum atomic E-state index is 12.3. The molecule has 0 saturated heterocycles. The number of aromatic nitrogens is 2. The fourth-order valence-electron chi connectivity index (χ4n) is 2.20. The van der Waals surface area contributed by atoms with Crippen LogP contribution in [0.15, 0.2) is 46.2 Å². The van der Waals surface area contributed by atoms with Gasteiger partial charge < -0.3 is 4.40 Å². The molecule has 3 rings (SSSR count). The summed E-state index contributed by atoms with van der Waals surface area (Å²) in [5.74, 6) is 0. The number of halogens is 1. The quantitative estimate of drug-likeness (QED) is 0.668. The first-order chi connectivity index (χ1) is 10.3. The summed E-state index contributed by atoms with van der Waals surface area (Å²) in [7, 11) is -0.935. The lowest BCUT2D eigenvalue weighted by molar-refractivity contribution is 0.521. The summed E-state index contributed by atoms with van der Waals surface area (Å²) in [5.41, 5.74) is 0.491. The summed E-state index contributed by atoms with van der Waals surface area (Å²) in [6.45, 7) is 0. The van der Waals surface area contributed by atoms with Crippen LogP contribution in [0.4, 0.5) is 0 Å². The normalized spacial score (nSPS) is 12.4. The molecule has 0 bridgehead atoms. The number of pyridine rings is 1. The van der Waals surface area contributed by atoms with Crippen LogP contribution in [-0.2, 0) is 10.0 Å². The summed E-state index contributed by atoms with van der Waals surface area (Å²) >= 11 is 6.14. The van der Waals surface area contributed by atoms with Gasteiger partial charge in [-0.25, -0.2) is 12.7 Å². The van der Waals surface area contributed by atoms with Gasteiger partial charge in [0.15, 0.2) is 0 Å². The van der Waals surface area contributed by atoms with E-state index < -0.39 is 15.6 Å². The Morgan fingerprint density at radius 3 is 2.64 bits per heavy atom. The second-order valence-corrected chi connectivity index (χ2v) is 7.46. The second-order valence-electron chi connectivity index (χ2n) is 4.93. The van der Waals surface area contributed by atoms with Crippen LogP contribution in [0.5, 0.6) is 0 Å². The van der Waals surface area contributed by atoms with Gasteiger partial charge in [0, 0.05) is 20.3 Å². The highest BCUT2D eigenvalue weighted by molar-refractivity contribution is 7.89. The molecule has 0 fully saturated rings. The monoisotopic (exact) mass is 337 g/mol. The molecular weight excluding hydrogens is 326 g/mol. The molecule has 0 spiro atoms. The van der Waals surface area contributed by atoms with E-state index in [-0.39, 0.29) is 15.3 Å². The molecule has 0 saturated carbocycles. The van der Waals surface area contributed by atoms with E-state index in [1.54, 1.807) is 28.8 Å². The third-order valence-corrected chi connectivity index (χ3v) is 5.63. The Balaban J connectivity index is 2.49. The molecule has 0 aliphatic carbocycles. The number of sulfonamides is 1. The van der Waals surface area contributed by atoms with Crippen LogP contribution in [0.1, 0.15) is 0 Å². The molecule has 0 amide bonds. The van der Waals surface area contributed by atoms with E-state index in [2.05, 4.69) is 4.98 Å². The van der Waals surface area contributed by atoms with Crippen LogP contribution >= 0.6 is 11.6 Å². The van der Waals surface area contributed by atoms with Crippen molar-refractivity contribution in [2.75, 3.05) is 14.1 Å². The van der Waals surface area contributed by atoms with E-state index in [4.69, 9.17) is 11.6 Å². The van der Waals surface area contributed by atoms with Crippen molar-refractivity contribution >= 4 is 38.2 Å². The van der Waals surface area contributed by atoms with Gasteiger partial charge in [0.2, 0.25) is 10.0 Å². The molecule has 3 aromatic rings. The molecule has 2 heterocycles. The molecule has 114 valence electrons. The third-order valence-electron chi connectivity index (χ3n) is 3.35. The SMILES string of the molecule is CN(C)S(=O)(=O)c1cc2c(=O)nc3ccccn3c2cc1Cl. The van der Waals surface area contributed by atoms with E-state index in [1.165, 1.54) is 26.2 Å². The van der Waals surface area contributed by atoms with Crippen LogP contribution in [-0.4, -0.2) is 36.2 Å². The van der Waals surface area contributed by atoms with Gasteiger partial charge >= 0.3 is 0 Å². The Morgan fingerprint density at radius 1 is 1.23 bits per heavy atom. The Bertz CT molecular complexity index is 1060. The van der Waals surface area contributed by atoms with Crippen LogP contribution < -0.4 is 5.56 Å². The van der Waals surface area contributed by atoms with Crippen molar-refractivity contribution in [3.8, 4) is 0 Å². The highest BCUT2D eigenvalue weighted by Crippen LogP contribution is 2.27. The molecule has 0 unspecified atom stereocenters. The first-order valence-electron chi connectivity index (χ1n) is 6.35. The lowest BCUT2D eigenvalue weighted by Crippen LogP contribution is -2.23. The van der Waals surface area contributed by atoms with Crippen molar-refractivity contribution in [1.29, 1.82) is 0 Å². The van der Waals surface area contributed by atoms with Gasteiger partial charge in [-0.05, 0) is 24.3 Å². The first-order valence-corrected chi connectivity index (χ1v) is 8.17. The summed E-state index contributed by atoms with van der Waals surface area (Å²) in [6.07, 6.45) is 1.74. The van der Waals surface area contributed by atoms with Gasteiger partial charge in [-0.2, -0.15) is 4.98 Å². The lowest BCUT2D eigenvalue weighted by Gasteiger charge is -2.14. The molecule has 0 N–H and O–H groups in total. The molecule has 0 aliphatic heterocycles. The van der Waals surface area contributed by atoms with E-state index in [0.29, 0.717) is 11.2 Å². The molecule has 2 aromatic heterocycles. The predicted octanol–water partition coefficient (Wildman–Crippen LogP) is 1.75. The topological polar surface area (TPSA) is 71.8 Å². The van der Waals surface area contributed by atoms with Crippen LogP contribution in [0.2, 0.25) is 5.02 Å². The molecule has 1 aromatic carbocycles. The zero-order chi connectivity index (χ0) is 16.1. The summed E-state index contributed by atoms with van der Waals surface area (Å²) in [6, 6.07) is 8.00. The average molecular weight is 338 g/mol. The number of benzene rings is 1. The summed E-state index contributed by atoms with van der Waals surface area (Å²) in [5, 5.41) is 0.262. The summed E-state index contributed by atoms with van der Waals surface area (Å²) in [4.78, 5) is 16.0. The molecule has 0 radical (unpaired) electrons. The van der Waals surface area contributed by atoms with Crippen molar-refractivity contribution in [2.24, 2.45) is 0 Å². The highest BCUT2D eigenvalue weighted by Gasteiger charge is 2.22. The second kappa shape index (κ2) is 5.05. The third kappa shape index (κ3) is 2.18. The van der Waals surface area contributed by atoms with Crippen LogP contribution in [0.3, 0.4) is 0 Å². The number of nitrogens with zero attached hydrogens (tertiary/aromatic N) is 3. The minimum Gasteiger partial charge on any atom is -0.301 e. The van der Waals surface area contributed by atoms with Gasteiger partial charge in [-0.15, -0.1) is 0 Å². The minimum absolute atomic E-state index is 0.0597. The van der Waals surface area contributed by atoms with Gasteiger partial charge in [0.05, 0.1) is 15.9 Å². The average Bonchev–Trinajstić information content (AvgIpc) is 2.46. The molecule has 6 nitrogen and oxygen atoms in total. The number of rotatable bonds is 2. The molecule has 0 atom stereocenters. The van der Waals surface area contributed by atoms with Crippen molar-refractivity contribution in [3.05, 3.63) is 51.9 Å². The molecule has 8 heteroatoms. The Morgan fingerprint density at radius 2 is 1.95 bits per heavy atom. The fraction of sp³-hybridized carbons (Fsp3) is 0.143. The number of hydrogen-bond acceptors (Lipinski definition) is 4. The van der Waals surface area contributed by atoms with Crippen molar-refractivity contribution in [1.82, 2.24) is 13.7 Å². The lowest BCUT2D eigenvalue weighted by atomic mass is 10.2. The number of fused-ring (bicyclic) bond motifs is 3. The van der Waals surface area contributed by atoms with Gasteiger partial charge in [-0.1, -0.05) is 17.7 Å². The zero-order valence-corrected chi connectivity index (χ0v) is 13.4. The smallest absolute Gasteiger partial charge is 0.281 e. The van der Waals surface area contributed by atoms with E-state index in [9.17, 15) is 13.2 Å². The van der Waals surface area contributed by atoms with Gasteiger partial charge in [0.25, 0.3) is 5.56 Å². The van der Waals surface area contributed by atoms with Crippen LogP contribution in [0.25, 0.3) is 16.6 Å². The maximum Gasteiger partial charge on any atom is 0.281 e. The van der Waals surface area contributed by atoms with Crippen molar-refractivity contribution < 1.29 is 8.42 Å². The van der Waals surface area contributed by atoms with Crippen molar-refractivity contribution in [3.63, 3.8) is 0 Å². The zero-order valence-electron chi connectivity index (χ0n) is 11.8. The minimum atomic E-state index is -3.74. The van der Waals surface area contributed by atoms with Gasteiger partial charge in [-0.3, -0.25) is 4.79 Å². The van der Waals surface area contributed by atoms with Crippen molar-refractivity contribution in [2.45, 2.75) is 4.90 Å². The van der Waals surface area contributed by atoms with Crippen LogP contribution in [0, 0.1) is 0 Å². The van der Waals surface area contributed by atoms with E-state index in [1.807, 2.05) is 0 Å². The Hall–Kier alpha value is -1.96. The first kappa shape index (κ1) is 15.0. The fourth-order valence-corrected chi connectivity index (χ4v) is 3.62. The summed E-state index contributed by atoms with van der Waals surface area (Å²) < 4.78 is 27.3. The molecule has 22 heavy (non-hydrogen) atoms. The molecular formula is C14H12ClN3O3S. The maximum absolute atomic E-state index is 12.3. The van der Waals surface area contributed by atoms with Gasteiger partial charge in [0.1, 0.15) is 10.5 Å². The van der Waals surface area contributed by atoms with E-state index >= 15 is 0 Å². The molecule has 0 aliphatic rings.